The standard InChI is InChI=1S/C19H23ClN2O3/c1-2-24-13-18(23)22-10-4-3-5-17(22)19-21-12-16(25-19)11-14-6-8-15(20)9-7-14/h6-9,12,17H,2-5,10-11,13H2,1H3/t17-/m0/s1. The van der Waals surface area contributed by atoms with Gasteiger partial charge in [-0.05, 0) is 43.9 Å². The number of amides is 1. The van der Waals surface area contributed by atoms with Crippen LogP contribution in [-0.4, -0.2) is 35.5 Å². The zero-order chi connectivity index (χ0) is 17.6. The molecule has 1 fully saturated rings. The van der Waals surface area contributed by atoms with Crippen LogP contribution in [0, 0.1) is 0 Å². The van der Waals surface area contributed by atoms with E-state index in [4.69, 9.17) is 20.8 Å². The number of hydrogen-bond donors (Lipinski definition) is 0. The topological polar surface area (TPSA) is 55.6 Å². The van der Waals surface area contributed by atoms with Gasteiger partial charge in [-0.15, -0.1) is 0 Å². The number of carbonyl (C=O) groups is 1. The van der Waals surface area contributed by atoms with E-state index in [1.54, 1.807) is 6.20 Å². The molecule has 1 amide bonds. The minimum absolute atomic E-state index is 0.00370. The largest absolute Gasteiger partial charge is 0.443 e. The molecule has 2 heterocycles. The van der Waals surface area contributed by atoms with Crippen LogP contribution in [0.15, 0.2) is 34.9 Å². The van der Waals surface area contributed by atoms with Gasteiger partial charge in [-0.3, -0.25) is 4.79 Å². The highest BCUT2D eigenvalue weighted by Gasteiger charge is 2.31. The predicted octanol–water partition coefficient (Wildman–Crippen LogP) is 4.01. The predicted molar refractivity (Wildman–Crippen MR) is 95.6 cm³/mol. The lowest BCUT2D eigenvalue weighted by Crippen LogP contribution is -2.40. The summed E-state index contributed by atoms with van der Waals surface area (Å²) in [5.74, 6) is 1.41. The first-order valence-electron chi connectivity index (χ1n) is 8.73. The summed E-state index contributed by atoms with van der Waals surface area (Å²) in [5.41, 5.74) is 1.11. The summed E-state index contributed by atoms with van der Waals surface area (Å²) in [6.07, 6.45) is 5.36. The summed E-state index contributed by atoms with van der Waals surface area (Å²) in [4.78, 5) is 18.7. The third kappa shape index (κ3) is 4.61. The van der Waals surface area contributed by atoms with Crippen LogP contribution < -0.4 is 0 Å². The molecule has 0 unspecified atom stereocenters. The molecule has 25 heavy (non-hydrogen) atoms. The molecule has 134 valence electrons. The van der Waals surface area contributed by atoms with Crippen molar-refractivity contribution in [2.75, 3.05) is 19.8 Å². The number of carbonyl (C=O) groups excluding carboxylic acids is 1. The molecule has 1 saturated heterocycles. The molecule has 3 rings (SSSR count). The van der Waals surface area contributed by atoms with Gasteiger partial charge >= 0.3 is 0 Å². The molecule has 0 spiro atoms. The van der Waals surface area contributed by atoms with E-state index >= 15 is 0 Å². The second-order valence-corrected chi connectivity index (χ2v) is 6.64. The van der Waals surface area contributed by atoms with Gasteiger partial charge in [0.15, 0.2) is 0 Å². The van der Waals surface area contributed by atoms with Crippen molar-refractivity contribution in [3.8, 4) is 0 Å². The zero-order valence-electron chi connectivity index (χ0n) is 14.4. The van der Waals surface area contributed by atoms with Crippen LogP contribution in [0.3, 0.4) is 0 Å². The number of piperidine rings is 1. The second-order valence-electron chi connectivity index (χ2n) is 6.20. The molecule has 1 atom stereocenters. The summed E-state index contributed by atoms with van der Waals surface area (Å²) in [6, 6.07) is 7.58. The number of rotatable bonds is 6. The van der Waals surface area contributed by atoms with E-state index < -0.39 is 0 Å². The number of aromatic nitrogens is 1. The Balaban J connectivity index is 1.70. The first kappa shape index (κ1) is 18.0. The summed E-state index contributed by atoms with van der Waals surface area (Å²) >= 11 is 5.92. The van der Waals surface area contributed by atoms with Crippen LogP contribution in [0.4, 0.5) is 0 Å². The average molecular weight is 363 g/mol. The highest BCUT2D eigenvalue weighted by atomic mass is 35.5. The highest BCUT2D eigenvalue weighted by Crippen LogP contribution is 2.31. The van der Waals surface area contributed by atoms with Crippen molar-refractivity contribution in [1.29, 1.82) is 0 Å². The van der Waals surface area contributed by atoms with E-state index in [0.717, 1.165) is 37.1 Å². The molecule has 1 aliphatic rings. The number of benzene rings is 1. The Morgan fingerprint density at radius 1 is 1.36 bits per heavy atom. The Hall–Kier alpha value is -1.85. The van der Waals surface area contributed by atoms with Crippen molar-refractivity contribution in [3.05, 3.63) is 52.7 Å². The van der Waals surface area contributed by atoms with Crippen molar-refractivity contribution in [2.24, 2.45) is 0 Å². The Kier molecular flexibility index (Phi) is 6.10. The summed E-state index contributed by atoms with van der Waals surface area (Å²) < 4.78 is 11.2. The fourth-order valence-corrected chi connectivity index (χ4v) is 3.25. The van der Waals surface area contributed by atoms with Gasteiger partial charge in [0.05, 0.1) is 6.20 Å². The van der Waals surface area contributed by atoms with Gasteiger partial charge in [0.1, 0.15) is 18.4 Å². The second kappa shape index (κ2) is 8.50. The van der Waals surface area contributed by atoms with Crippen LogP contribution in [0.1, 0.15) is 49.4 Å². The molecule has 5 nitrogen and oxygen atoms in total. The average Bonchev–Trinajstić information content (AvgIpc) is 3.10. The van der Waals surface area contributed by atoms with Gasteiger partial charge in [-0.2, -0.15) is 0 Å². The van der Waals surface area contributed by atoms with E-state index in [2.05, 4.69) is 4.98 Å². The summed E-state index contributed by atoms with van der Waals surface area (Å²) in [5, 5.41) is 0.715. The highest BCUT2D eigenvalue weighted by molar-refractivity contribution is 6.30. The quantitative estimate of drug-likeness (QED) is 0.779. The van der Waals surface area contributed by atoms with E-state index in [1.165, 1.54) is 0 Å². The number of likely N-dealkylation sites (tertiary alicyclic amines) is 1. The molecule has 0 aliphatic carbocycles. The van der Waals surface area contributed by atoms with Crippen molar-refractivity contribution in [3.63, 3.8) is 0 Å². The monoisotopic (exact) mass is 362 g/mol. The van der Waals surface area contributed by atoms with E-state index in [1.807, 2.05) is 36.1 Å². The first-order chi connectivity index (χ1) is 12.2. The number of ether oxygens (including phenoxy) is 1. The minimum Gasteiger partial charge on any atom is -0.443 e. The molecule has 1 aromatic carbocycles. The normalized spacial score (nSPS) is 17.7. The maximum atomic E-state index is 12.4. The Morgan fingerprint density at radius 2 is 2.16 bits per heavy atom. The molecule has 1 aliphatic heterocycles. The number of oxazole rings is 1. The fraction of sp³-hybridized carbons (Fsp3) is 0.474. The fourth-order valence-electron chi connectivity index (χ4n) is 3.12. The van der Waals surface area contributed by atoms with Crippen LogP contribution in [0.2, 0.25) is 5.02 Å². The van der Waals surface area contributed by atoms with E-state index in [-0.39, 0.29) is 18.6 Å². The van der Waals surface area contributed by atoms with Crippen LogP contribution >= 0.6 is 11.6 Å². The van der Waals surface area contributed by atoms with Gasteiger partial charge in [0.25, 0.3) is 0 Å². The van der Waals surface area contributed by atoms with Gasteiger partial charge in [-0.1, -0.05) is 23.7 Å². The van der Waals surface area contributed by atoms with Crippen molar-refractivity contribution in [1.82, 2.24) is 9.88 Å². The lowest BCUT2D eigenvalue weighted by Gasteiger charge is -2.33. The Labute approximate surface area is 152 Å². The molecule has 0 bridgehead atoms. The van der Waals surface area contributed by atoms with Crippen LogP contribution in [0.5, 0.6) is 0 Å². The third-order valence-corrected chi connectivity index (χ3v) is 4.65. The van der Waals surface area contributed by atoms with E-state index in [9.17, 15) is 4.79 Å². The molecule has 2 aromatic rings. The van der Waals surface area contributed by atoms with Crippen molar-refractivity contribution >= 4 is 17.5 Å². The Morgan fingerprint density at radius 3 is 2.92 bits per heavy atom. The van der Waals surface area contributed by atoms with Gasteiger partial charge < -0.3 is 14.1 Å². The minimum atomic E-state index is -0.0966. The maximum Gasteiger partial charge on any atom is 0.249 e. The molecule has 0 saturated carbocycles. The van der Waals surface area contributed by atoms with Crippen LogP contribution in [-0.2, 0) is 16.0 Å². The zero-order valence-corrected chi connectivity index (χ0v) is 15.2. The molecule has 0 radical (unpaired) electrons. The van der Waals surface area contributed by atoms with Crippen LogP contribution in [0.25, 0.3) is 0 Å². The van der Waals surface area contributed by atoms with Crippen molar-refractivity contribution in [2.45, 2.75) is 38.6 Å². The number of halogens is 1. The van der Waals surface area contributed by atoms with Gasteiger partial charge in [0, 0.05) is 24.6 Å². The summed E-state index contributed by atoms with van der Waals surface area (Å²) in [6.45, 7) is 3.27. The number of nitrogens with zero attached hydrogens (tertiary/aromatic N) is 2. The molecule has 1 aromatic heterocycles. The Bertz CT molecular complexity index is 699. The molecular formula is C19H23ClN2O3. The molecule has 0 N–H and O–H groups in total. The number of hydrogen-bond acceptors (Lipinski definition) is 4. The summed E-state index contributed by atoms with van der Waals surface area (Å²) in [7, 11) is 0. The maximum absolute atomic E-state index is 12.4. The van der Waals surface area contributed by atoms with Crippen molar-refractivity contribution < 1.29 is 13.9 Å². The lowest BCUT2D eigenvalue weighted by atomic mass is 10.0. The lowest BCUT2D eigenvalue weighted by molar-refractivity contribution is -0.140. The third-order valence-electron chi connectivity index (χ3n) is 4.40. The molecule has 6 heteroatoms. The SMILES string of the molecule is CCOCC(=O)N1CCCC[C@H]1c1ncc(Cc2ccc(Cl)cc2)o1. The van der Waals surface area contributed by atoms with E-state index in [0.29, 0.717) is 23.9 Å². The van der Waals surface area contributed by atoms with Gasteiger partial charge in [0.2, 0.25) is 11.8 Å². The van der Waals surface area contributed by atoms with Gasteiger partial charge in [-0.25, -0.2) is 4.98 Å². The smallest absolute Gasteiger partial charge is 0.249 e. The first-order valence-corrected chi connectivity index (χ1v) is 9.11. The molecular weight excluding hydrogens is 340 g/mol.